The number of hydrogen-bond donors (Lipinski definition) is 3. The highest BCUT2D eigenvalue weighted by molar-refractivity contribution is 7.47. The number of amides is 1. The summed E-state index contributed by atoms with van der Waals surface area (Å²) < 4.78 is 23.6. The summed E-state index contributed by atoms with van der Waals surface area (Å²) in [5.41, 5.74) is 0. The molecule has 0 aliphatic carbocycles. The van der Waals surface area contributed by atoms with E-state index in [1.54, 1.807) is 6.08 Å². The minimum Gasteiger partial charge on any atom is -0.387 e. The number of quaternary nitrogens is 1. The number of phosphoric ester groups is 1. The zero-order valence-electron chi connectivity index (χ0n) is 39.0. The summed E-state index contributed by atoms with van der Waals surface area (Å²) in [5, 5.41) is 13.9. The molecule has 0 bridgehead atoms. The molecule has 0 aromatic carbocycles. The first-order chi connectivity index (χ1) is 28.0. The Morgan fingerprint density at radius 3 is 1.33 bits per heavy atom. The van der Waals surface area contributed by atoms with E-state index in [1.165, 1.54) is 161 Å². The predicted octanol–water partition coefficient (Wildman–Crippen LogP) is 14.1. The largest absolute Gasteiger partial charge is 0.472 e. The highest BCUT2D eigenvalue weighted by Gasteiger charge is 2.27. The van der Waals surface area contributed by atoms with E-state index in [9.17, 15) is 19.4 Å². The number of nitrogens with one attached hydrogen (secondary N) is 1. The minimum absolute atomic E-state index is 0.0612. The van der Waals surface area contributed by atoms with Crippen molar-refractivity contribution in [1.29, 1.82) is 0 Å². The van der Waals surface area contributed by atoms with Crippen LogP contribution < -0.4 is 5.32 Å². The molecule has 0 aromatic heterocycles. The molecule has 0 radical (unpaired) electrons. The van der Waals surface area contributed by atoms with Gasteiger partial charge in [-0.3, -0.25) is 13.8 Å². The SMILES string of the molecule is CCCCCCC/C=C\CCCCCCCC(=O)NC(COP(=O)(O)OCC[N+](C)(C)C)C(O)/C=C/CCCCCCCCCCCCCCCCCCCCCC. The highest BCUT2D eigenvalue weighted by Crippen LogP contribution is 2.43. The number of likely N-dealkylation sites (N-methyl/N-ethyl adjacent to an activating group) is 1. The maximum absolute atomic E-state index is 12.9. The molecule has 0 spiro atoms. The molecule has 3 unspecified atom stereocenters. The van der Waals surface area contributed by atoms with Crippen LogP contribution in [0.2, 0.25) is 0 Å². The maximum Gasteiger partial charge on any atom is 0.472 e. The van der Waals surface area contributed by atoms with E-state index in [-0.39, 0.29) is 19.1 Å². The number of carbonyl (C=O) groups excluding carboxylic acids is 1. The first kappa shape index (κ1) is 57.0. The summed E-state index contributed by atoms with van der Waals surface area (Å²) in [6.45, 7) is 4.82. The predicted molar refractivity (Wildman–Crippen MR) is 249 cm³/mol. The van der Waals surface area contributed by atoms with E-state index in [0.29, 0.717) is 17.4 Å². The van der Waals surface area contributed by atoms with E-state index in [4.69, 9.17) is 9.05 Å². The maximum atomic E-state index is 12.9. The van der Waals surface area contributed by atoms with Crippen LogP contribution in [-0.2, 0) is 18.4 Å². The number of aliphatic hydroxyl groups is 1. The number of nitrogens with zero attached hydrogens (tertiary/aromatic N) is 1. The van der Waals surface area contributed by atoms with Gasteiger partial charge in [-0.25, -0.2) is 4.57 Å². The van der Waals surface area contributed by atoms with Crippen LogP contribution in [0.1, 0.15) is 232 Å². The fraction of sp³-hybridized carbons (Fsp3) is 0.898. The zero-order valence-corrected chi connectivity index (χ0v) is 39.9. The van der Waals surface area contributed by atoms with Gasteiger partial charge in [0.1, 0.15) is 13.2 Å². The van der Waals surface area contributed by atoms with Gasteiger partial charge in [0.25, 0.3) is 0 Å². The van der Waals surface area contributed by atoms with E-state index in [2.05, 4.69) is 31.3 Å². The van der Waals surface area contributed by atoms with Gasteiger partial charge in [0.05, 0.1) is 39.9 Å². The lowest BCUT2D eigenvalue weighted by Crippen LogP contribution is -2.45. The fourth-order valence-corrected chi connectivity index (χ4v) is 7.95. The van der Waals surface area contributed by atoms with Gasteiger partial charge in [-0.15, -0.1) is 0 Å². The molecular weight excluding hydrogens is 744 g/mol. The van der Waals surface area contributed by atoms with Gasteiger partial charge in [0.2, 0.25) is 5.91 Å². The molecule has 58 heavy (non-hydrogen) atoms. The monoisotopic (exact) mass is 842 g/mol. The lowest BCUT2D eigenvalue weighted by molar-refractivity contribution is -0.870. The third kappa shape index (κ3) is 43.1. The van der Waals surface area contributed by atoms with Gasteiger partial charge >= 0.3 is 7.82 Å². The molecule has 3 atom stereocenters. The summed E-state index contributed by atoms with van der Waals surface area (Å²) in [6.07, 6.45) is 49.7. The third-order valence-electron chi connectivity index (χ3n) is 11.2. The van der Waals surface area contributed by atoms with E-state index >= 15 is 0 Å². The van der Waals surface area contributed by atoms with Crippen LogP contribution in [0, 0.1) is 0 Å². The van der Waals surface area contributed by atoms with Gasteiger partial charge in [-0.05, 0) is 44.9 Å². The van der Waals surface area contributed by atoms with Gasteiger partial charge in [0.15, 0.2) is 0 Å². The minimum atomic E-state index is -4.34. The third-order valence-corrected chi connectivity index (χ3v) is 12.1. The molecule has 8 nitrogen and oxygen atoms in total. The molecule has 0 fully saturated rings. The Bertz CT molecular complexity index is 1000. The zero-order chi connectivity index (χ0) is 42.8. The van der Waals surface area contributed by atoms with Crippen molar-refractivity contribution in [2.24, 2.45) is 0 Å². The second-order valence-electron chi connectivity index (χ2n) is 18.2. The Labute approximate surface area is 360 Å². The second-order valence-corrected chi connectivity index (χ2v) is 19.6. The van der Waals surface area contributed by atoms with Crippen molar-refractivity contribution in [3.63, 3.8) is 0 Å². The van der Waals surface area contributed by atoms with Crippen molar-refractivity contribution >= 4 is 13.7 Å². The Morgan fingerprint density at radius 2 is 0.931 bits per heavy atom. The summed E-state index contributed by atoms with van der Waals surface area (Å²) >= 11 is 0. The first-order valence-corrected chi connectivity index (χ1v) is 26.2. The molecule has 0 rings (SSSR count). The van der Waals surface area contributed by atoms with Crippen LogP contribution in [0.5, 0.6) is 0 Å². The number of hydrogen-bond acceptors (Lipinski definition) is 5. The molecular formula is C49H98N2O6P+. The second kappa shape index (κ2) is 41.3. The summed E-state index contributed by atoms with van der Waals surface area (Å²) in [4.78, 5) is 23.1. The fourth-order valence-electron chi connectivity index (χ4n) is 7.21. The molecule has 1 amide bonds. The molecule has 3 N–H and O–H groups in total. The van der Waals surface area contributed by atoms with Crippen molar-refractivity contribution in [1.82, 2.24) is 5.32 Å². The van der Waals surface area contributed by atoms with Crippen molar-refractivity contribution in [2.45, 2.75) is 244 Å². The number of allylic oxidation sites excluding steroid dienone is 3. The highest BCUT2D eigenvalue weighted by atomic mass is 31.2. The van der Waals surface area contributed by atoms with Crippen molar-refractivity contribution in [3.8, 4) is 0 Å². The van der Waals surface area contributed by atoms with Crippen LogP contribution in [0.4, 0.5) is 0 Å². The van der Waals surface area contributed by atoms with Gasteiger partial charge in [0, 0.05) is 6.42 Å². The number of aliphatic hydroxyl groups excluding tert-OH is 1. The van der Waals surface area contributed by atoms with Crippen molar-refractivity contribution < 1.29 is 32.9 Å². The van der Waals surface area contributed by atoms with Crippen LogP contribution in [0.3, 0.4) is 0 Å². The van der Waals surface area contributed by atoms with Gasteiger partial charge in [-0.2, -0.15) is 0 Å². The normalized spacial score (nSPS) is 14.4. The van der Waals surface area contributed by atoms with Crippen molar-refractivity contribution in [2.75, 3.05) is 40.9 Å². The van der Waals surface area contributed by atoms with Crippen LogP contribution >= 0.6 is 7.82 Å². The van der Waals surface area contributed by atoms with Crippen molar-refractivity contribution in [3.05, 3.63) is 24.3 Å². The molecule has 0 aliphatic rings. The number of phosphoric acid groups is 1. The number of carbonyl (C=O) groups is 1. The summed E-state index contributed by atoms with van der Waals surface area (Å²) in [5.74, 6) is -0.185. The van der Waals surface area contributed by atoms with Crippen LogP contribution in [0.15, 0.2) is 24.3 Å². The summed E-state index contributed by atoms with van der Waals surface area (Å²) in [6, 6.07) is -0.848. The Hall–Kier alpha value is -1.02. The molecule has 0 saturated carbocycles. The first-order valence-electron chi connectivity index (χ1n) is 24.7. The van der Waals surface area contributed by atoms with E-state index in [1.807, 2.05) is 27.2 Å². The molecule has 0 saturated heterocycles. The lowest BCUT2D eigenvalue weighted by atomic mass is 10.0. The Balaban J connectivity index is 4.31. The number of unbranched alkanes of at least 4 members (excludes halogenated alkanes) is 30. The Morgan fingerprint density at radius 1 is 0.569 bits per heavy atom. The van der Waals surface area contributed by atoms with Gasteiger partial charge in [-0.1, -0.05) is 205 Å². The molecule has 0 heterocycles. The Kier molecular flexibility index (Phi) is 40.6. The molecule has 0 aliphatic heterocycles. The average molecular weight is 842 g/mol. The molecule has 0 aromatic rings. The quantitative estimate of drug-likeness (QED) is 0.0244. The lowest BCUT2D eigenvalue weighted by Gasteiger charge is -2.25. The standard InChI is InChI=1S/C49H97N2O6P/c1-6-8-10-12-14-16-18-20-22-23-24-25-26-27-28-29-30-32-34-36-38-40-42-48(52)47(46-57-58(54,55)56-45-44-51(3,4)5)50-49(53)43-41-39-37-35-33-31-21-19-17-15-13-11-9-7-2/h19,21,40,42,47-48,52H,6-18,20,22-39,41,43-46H2,1-5H3,(H-,50,53,54,55)/p+1/b21-19-,42-40+. The smallest absolute Gasteiger partial charge is 0.387 e. The van der Waals surface area contributed by atoms with E-state index in [0.717, 1.165) is 51.4 Å². The number of rotatable bonds is 45. The van der Waals surface area contributed by atoms with E-state index < -0.39 is 20.0 Å². The molecule has 344 valence electrons. The van der Waals surface area contributed by atoms with Gasteiger partial charge < -0.3 is 19.8 Å². The topological polar surface area (TPSA) is 105 Å². The average Bonchev–Trinajstić information content (AvgIpc) is 3.17. The van der Waals surface area contributed by atoms with Crippen LogP contribution in [0.25, 0.3) is 0 Å². The summed E-state index contributed by atoms with van der Waals surface area (Å²) in [7, 11) is 1.57. The van der Waals surface area contributed by atoms with Crippen LogP contribution in [-0.4, -0.2) is 73.4 Å². The molecule has 9 heteroatoms.